The number of benzene rings is 6. The average Bonchev–Trinajstić information content (AvgIpc) is 3.86. The average molecular weight is 938 g/mol. The third-order valence-corrected chi connectivity index (χ3v) is 12.1. The van der Waals surface area contributed by atoms with Crippen molar-refractivity contribution in [2.75, 3.05) is 0 Å². The smallest absolute Gasteiger partial charge is 0.172 e. The minimum absolute atomic E-state index is 0. The fourth-order valence-electron chi connectivity index (χ4n) is 7.19. The van der Waals surface area contributed by atoms with Crippen LogP contribution in [0.2, 0.25) is 0 Å². The maximum atomic E-state index is 3.88. The van der Waals surface area contributed by atoms with Crippen LogP contribution in [0.15, 0.2) is 158 Å². The summed E-state index contributed by atoms with van der Waals surface area (Å²) in [4.78, 5) is 0. The van der Waals surface area contributed by atoms with Crippen LogP contribution in [0.1, 0.15) is 86.1 Å². The molecular formula is C53H52Cl2Hf-2. The topological polar surface area (TPSA) is 0 Å². The van der Waals surface area contributed by atoms with Crippen molar-refractivity contribution in [3.8, 4) is 33.4 Å². The predicted octanol–water partition coefficient (Wildman–Crippen LogP) is 7.82. The third kappa shape index (κ3) is 10.9. The molecule has 0 nitrogen and oxygen atoms in total. The van der Waals surface area contributed by atoms with Gasteiger partial charge in [0.1, 0.15) is 0 Å². The minimum Gasteiger partial charge on any atom is -1.00 e. The Balaban J connectivity index is 0.000000252. The van der Waals surface area contributed by atoms with E-state index in [-0.39, 0.29) is 35.6 Å². The van der Waals surface area contributed by atoms with Gasteiger partial charge >= 0.3 is 112 Å². The molecule has 0 saturated heterocycles. The third-order valence-electron chi connectivity index (χ3n) is 9.99. The van der Waals surface area contributed by atoms with E-state index in [9.17, 15) is 0 Å². The molecule has 0 bridgehead atoms. The molecule has 7 aromatic rings. The second-order valence-corrected chi connectivity index (χ2v) is 18.3. The number of hydrogen-bond donors (Lipinski definition) is 0. The Morgan fingerprint density at radius 3 is 1.50 bits per heavy atom. The fourth-order valence-corrected chi connectivity index (χ4v) is 8.31. The first-order valence-corrected chi connectivity index (χ1v) is 20.9. The second kappa shape index (κ2) is 19.4. The van der Waals surface area contributed by atoms with Crippen molar-refractivity contribution >= 4 is 3.26 Å². The van der Waals surface area contributed by atoms with E-state index in [1.54, 1.807) is 0 Å². The van der Waals surface area contributed by atoms with E-state index in [0.29, 0.717) is 0 Å². The molecule has 0 atom stereocenters. The summed E-state index contributed by atoms with van der Waals surface area (Å²) in [5.41, 5.74) is 18.9. The molecule has 3 heteroatoms. The van der Waals surface area contributed by atoms with Gasteiger partial charge in [-0.1, -0.05) is 131 Å². The van der Waals surface area contributed by atoms with E-state index in [2.05, 4.69) is 189 Å². The first-order valence-electron chi connectivity index (χ1n) is 19.1. The summed E-state index contributed by atoms with van der Waals surface area (Å²) in [6.07, 6.45) is 0.944. The van der Waals surface area contributed by atoms with Gasteiger partial charge in [0, 0.05) is 0 Å². The van der Waals surface area contributed by atoms with E-state index < -0.39 is 0 Å². The van der Waals surface area contributed by atoms with Crippen LogP contribution in [0.3, 0.4) is 0 Å². The van der Waals surface area contributed by atoms with Gasteiger partial charge in [0.05, 0.1) is 0 Å². The van der Waals surface area contributed by atoms with Crippen LogP contribution >= 0.6 is 0 Å². The van der Waals surface area contributed by atoms with Gasteiger partial charge in [0.15, 0.2) is 0 Å². The molecule has 0 saturated carbocycles. The van der Waals surface area contributed by atoms with Crippen molar-refractivity contribution in [3.05, 3.63) is 208 Å². The normalized spacial score (nSPS) is 11.3. The van der Waals surface area contributed by atoms with Gasteiger partial charge in [-0.15, -0.1) is 28.8 Å². The summed E-state index contributed by atoms with van der Waals surface area (Å²) >= 11 is 1.08. The summed E-state index contributed by atoms with van der Waals surface area (Å²) in [6, 6.07) is 60.3. The van der Waals surface area contributed by atoms with Gasteiger partial charge < -0.3 is 24.8 Å². The first-order chi connectivity index (χ1) is 25.8. The molecule has 0 spiro atoms. The zero-order valence-corrected chi connectivity index (χ0v) is 39.1. The standard InChI is InChI=1S/C33H33.C15H14.C5H5.2ClH.Hf/c1-32(2,3)30-20-26-24(18-28(30)22-13-9-7-10-14-22)17-25-19-29(23-15-11-8-12-16-23)31(21-27(25)26)33(4,5)6;1-12-5-3-7-14(9-12)11-15-8-4-6-13(2)10-15;1-2-4-5-3-1;;;/h7-16,18,20-21H,17H2,1-6H3;3-10H,1-2H3;1-5H;2*1H;/q-1;;-1;;;+2/p-2. The van der Waals surface area contributed by atoms with Gasteiger partial charge in [-0.3, -0.25) is 0 Å². The van der Waals surface area contributed by atoms with Crippen LogP contribution in [0, 0.1) is 19.9 Å². The fraction of sp³-hybridized carbons (Fsp3) is 0.208. The van der Waals surface area contributed by atoms with Gasteiger partial charge in [0.25, 0.3) is 0 Å². The van der Waals surface area contributed by atoms with E-state index in [0.717, 1.165) is 30.3 Å². The molecule has 56 heavy (non-hydrogen) atoms. The predicted molar refractivity (Wildman–Crippen MR) is 229 cm³/mol. The molecule has 8 rings (SSSR count). The van der Waals surface area contributed by atoms with E-state index in [1.807, 2.05) is 30.3 Å². The summed E-state index contributed by atoms with van der Waals surface area (Å²) in [6.45, 7) is 18.2. The molecule has 0 heterocycles. The van der Waals surface area contributed by atoms with Crippen molar-refractivity contribution in [1.82, 2.24) is 0 Å². The molecule has 0 N–H and O–H groups in total. The number of aryl methyl sites for hydroxylation is 2. The van der Waals surface area contributed by atoms with Crippen LogP contribution in [-0.4, -0.2) is 3.26 Å². The van der Waals surface area contributed by atoms with Crippen LogP contribution in [0.4, 0.5) is 0 Å². The number of rotatable bonds is 4. The Morgan fingerprint density at radius 1 is 0.536 bits per heavy atom. The van der Waals surface area contributed by atoms with Crippen molar-refractivity contribution in [1.29, 1.82) is 0 Å². The monoisotopic (exact) mass is 938 g/mol. The Morgan fingerprint density at radius 2 is 1.04 bits per heavy atom. The maximum absolute atomic E-state index is 3.88. The van der Waals surface area contributed by atoms with Gasteiger partial charge in [-0.25, -0.2) is 12.1 Å². The van der Waals surface area contributed by atoms with E-state index in [1.165, 1.54) is 81.1 Å². The number of fused-ring (bicyclic) bond motifs is 3. The first kappa shape index (κ1) is 44.7. The van der Waals surface area contributed by atoms with E-state index >= 15 is 0 Å². The van der Waals surface area contributed by atoms with Crippen molar-refractivity contribution in [2.24, 2.45) is 0 Å². The summed E-state index contributed by atoms with van der Waals surface area (Å²) < 4.78 is 1.48. The summed E-state index contributed by atoms with van der Waals surface area (Å²) in [5, 5.41) is 0. The van der Waals surface area contributed by atoms with Crippen LogP contribution in [0.5, 0.6) is 0 Å². The molecule has 0 fully saturated rings. The molecule has 1 aliphatic carbocycles. The zero-order valence-electron chi connectivity index (χ0n) is 34.0. The minimum atomic E-state index is 0. The van der Waals surface area contributed by atoms with Crippen LogP contribution in [0.25, 0.3) is 33.4 Å². The molecule has 1 aliphatic rings. The number of halogens is 2. The zero-order chi connectivity index (χ0) is 38.5. The van der Waals surface area contributed by atoms with Crippen LogP contribution in [-0.2, 0) is 41.1 Å². The Kier molecular flexibility index (Phi) is 15.5. The molecule has 0 amide bonds. The molecule has 284 valence electrons. The quantitative estimate of drug-likeness (QED) is 0.125. The summed E-state index contributed by atoms with van der Waals surface area (Å²) in [7, 11) is 0. The van der Waals surface area contributed by atoms with Crippen molar-refractivity contribution < 1.29 is 48.7 Å². The largest absolute Gasteiger partial charge is 1.00 e. The van der Waals surface area contributed by atoms with Crippen LogP contribution < -0.4 is 24.8 Å². The van der Waals surface area contributed by atoms with Crippen molar-refractivity contribution in [2.45, 2.75) is 72.6 Å². The Labute approximate surface area is 363 Å². The molecule has 0 radical (unpaired) electrons. The van der Waals surface area contributed by atoms with E-state index in [4.69, 9.17) is 0 Å². The van der Waals surface area contributed by atoms with Gasteiger partial charge in [-0.05, 0) is 39.5 Å². The molecular weight excluding hydrogens is 886 g/mol. The maximum Gasteiger partial charge on any atom is -0.172 e. The van der Waals surface area contributed by atoms with Gasteiger partial charge in [0.2, 0.25) is 0 Å². The Bertz CT molecular complexity index is 2170. The SMILES string of the molecule is CC(C)(C)c1cc2c([c-]c1-c1ccccc1)Cc1cc(-c3ccccc3)c(C(C)(C)C)cc1-2.Cc1cccc([C](=[Hf+2])c2cccc(C)c2)c1.[Cl-].[Cl-].c1cc[cH-]c1. The van der Waals surface area contributed by atoms with Gasteiger partial charge in [-0.2, -0.15) is 18.2 Å². The molecule has 7 aromatic carbocycles. The second-order valence-electron chi connectivity index (χ2n) is 16.5. The molecule has 0 aliphatic heterocycles. The Hall–Kier alpha value is -4.01. The molecule has 0 unspecified atom stereocenters. The van der Waals surface area contributed by atoms with Crippen molar-refractivity contribution in [3.63, 3.8) is 0 Å². The summed E-state index contributed by atoms with van der Waals surface area (Å²) in [5.74, 6) is 0. The number of hydrogen-bond acceptors (Lipinski definition) is 0. The molecule has 0 aromatic heterocycles.